The van der Waals surface area contributed by atoms with E-state index < -0.39 is 16.2 Å². The van der Waals surface area contributed by atoms with Crippen LogP contribution in [0.2, 0.25) is 0 Å². The van der Waals surface area contributed by atoms with Crippen LogP contribution in [0.1, 0.15) is 25.8 Å². The minimum absolute atomic E-state index is 0.0154. The highest BCUT2D eigenvalue weighted by Crippen LogP contribution is 2.29. The molecule has 0 aliphatic carbocycles. The maximum atomic E-state index is 12.9. The molecule has 0 saturated carbocycles. The molecule has 3 aromatic rings. The molecule has 0 atom stereocenters. The number of nitrogens with one attached hydrogen (secondary N) is 1. The van der Waals surface area contributed by atoms with Crippen molar-refractivity contribution in [1.29, 1.82) is 0 Å². The molecule has 176 valence electrons. The van der Waals surface area contributed by atoms with Crippen LogP contribution >= 0.6 is 0 Å². The Bertz CT molecular complexity index is 1280. The molecule has 33 heavy (non-hydrogen) atoms. The number of hydrogen-bond acceptors (Lipinski definition) is 7. The number of nitro groups is 1. The Balaban J connectivity index is 1.90. The molecule has 0 amide bonds. The van der Waals surface area contributed by atoms with E-state index in [0.29, 0.717) is 73.8 Å². The van der Waals surface area contributed by atoms with Crippen LogP contribution in [0.4, 0.5) is 5.69 Å². The lowest BCUT2D eigenvalue weighted by Crippen LogP contribution is -2.38. The maximum Gasteiger partial charge on any atom is 0.330 e. The van der Waals surface area contributed by atoms with Crippen LogP contribution in [0.3, 0.4) is 0 Å². The number of aryl methyl sites for hydroxylation is 2. The van der Waals surface area contributed by atoms with Crippen molar-refractivity contribution in [3.8, 4) is 11.4 Å². The zero-order chi connectivity index (χ0) is 23.5. The smallest absolute Gasteiger partial charge is 0.330 e. The van der Waals surface area contributed by atoms with Crippen molar-refractivity contribution in [2.45, 2.75) is 39.8 Å². The van der Waals surface area contributed by atoms with Crippen molar-refractivity contribution in [1.82, 2.24) is 24.0 Å². The predicted octanol–water partition coefficient (Wildman–Crippen LogP) is 1.77. The lowest BCUT2D eigenvalue weighted by atomic mass is 10.1. The van der Waals surface area contributed by atoms with E-state index >= 15 is 0 Å². The van der Waals surface area contributed by atoms with E-state index in [0.717, 1.165) is 13.1 Å². The highest BCUT2D eigenvalue weighted by molar-refractivity contribution is 5.77. The fourth-order valence-electron chi connectivity index (χ4n) is 4.28. The van der Waals surface area contributed by atoms with Gasteiger partial charge in [0.05, 0.1) is 18.1 Å². The normalized spacial score (nSPS) is 14.7. The topological polar surface area (TPSA) is 128 Å². The first-order valence-corrected chi connectivity index (χ1v) is 11.3. The summed E-state index contributed by atoms with van der Waals surface area (Å²) in [5.41, 5.74) is 0.751. The number of ether oxygens (including phenoxy) is 1. The third-order valence-electron chi connectivity index (χ3n) is 6.00. The quantitative estimate of drug-likeness (QED) is 0.404. The summed E-state index contributed by atoms with van der Waals surface area (Å²) >= 11 is 0. The Hall–Kier alpha value is -3.31. The van der Waals surface area contributed by atoms with Crippen LogP contribution in [0.15, 0.2) is 27.8 Å². The van der Waals surface area contributed by atoms with Gasteiger partial charge in [-0.25, -0.2) is 9.78 Å². The summed E-state index contributed by atoms with van der Waals surface area (Å²) in [6, 6.07) is 5.01. The molecular weight excluding hydrogens is 428 g/mol. The lowest BCUT2D eigenvalue weighted by molar-refractivity contribution is -0.385. The first-order chi connectivity index (χ1) is 15.9. The van der Waals surface area contributed by atoms with E-state index in [-0.39, 0.29) is 5.69 Å². The number of morpholine rings is 1. The summed E-state index contributed by atoms with van der Waals surface area (Å²) in [7, 11) is 0. The van der Waals surface area contributed by atoms with Gasteiger partial charge in [0.2, 0.25) is 0 Å². The zero-order valence-corrected chi connectivity index (χ0v) is 18.9. The minimum Gasteiger partial charge on any atom is -0.379 e. The van der Waals surface area contributed by atoms with E-state index in [1.54, 1.807) is 16.7 Å². The van der Waals surface area contributed by atoms with E-state index in [1.807, 2.05) is 13.8 Å². The van der Waals surface area contributed by atoms with Crippen molar-refractivity contribution in [3.63, 3.8) is 0 Å². The Morgan fingerprint density at radius 1 is 1.12 bits per heavy atom. The average Bonchev–Trinajstić information content (AvgIpc) is 3.20. The molecule has 11 heteroatoms. The summed E-state index contributed by atoms with van der Waals surface area (Å²) in [4.78, 5) is 45.9. The lowest BCUT2D eigenvalue weighted by Gasteiger charge is -2.26. The molecule has 0 unspecified atom stereocenters. The molecule has 3 heterocycles. The molecule has 0 radical (unpaired) electrons. The molecular formula is C22H28N6O5. The Kier molecular flexibility index (Phi) is 6.70. The molecule has 1 aliphatic rings. The Labute approximate surface area is 189 Å². The van der Waals surface area contributed by atoms with Crippen molar-refractivity contribution in [3.05, 3.63) is 54.7 Å². The van der Waals surface area contributed by atoms with Gasteiger partial charge < -0.3 is 9.30 Å². The van der Waals surface area contributed by atoms with Crippen LogP contribution in [-0.2, 0) is 24.2 Å². The van der Waals surface area contributed by atoms with Crippen molar-refractivity contribution in [2.75, 3.05) is 32.8 Å². The molecule has 0 spiro atoms. The average molecular weight is 457 g/mol. The SMILES string of the molecule is CCCn1c(=O)[nH]c(=O)c2c1nc(-c1ccc(CC)c([N+](=O)[O-])c1)n2CCN1CCOCC1. The molecule has 1 aliphatic heterocycles. The van der Waals surface area contributed by atoms with Crippen molar-refractivity contribution < 1.29 is 9.66 Å². The van der Waals surface area contributed by atoms with Crippen LogP contribution in [0.5, 0.6) is 0 Å². The van der Waals surface area contributed by atoms with Crippen LogP contribution in [-0.4, -0.2) is 61.8 Å². The van der Waals surface area contributed by atoms with Gasteiger partial charge in [0.1, 0.15) is 5.82 Å². The molecule has 11 nitrogen and oxygen atoms in total. The van der Waals surface area contributed by atoms with Crippen LogP contribution in [0.25, 0.3) is 22.6 Å². The van der Waals surface area contributed by atoms with E-state index in [2.05, 4.69) is 14.9 Å². The molecule has 1 aromatic carbocycles. The zero-order valence-electron chi connectivity index (χ0n) is 18.9. The monoisotopic (exact) mass is 456 g/mol. The van der Waals surface area contributed by atoms with Crippen molar-refractivity contribution >= 4 is 16.9 Å². The number of nitrogens with zero attached hydrogens (tertiary/aromatic N) is 5. The van der Waals surface area contributed by atoms with Crippen LogP contribution < -0.4 is 11.2 Å². The molecule has 0 bridgehead atoms. The summed E-state index contributed by atoms with van der Waals surface area (Å²) in [5, 5.41) is 11.7. The van der Waals surface area contributed by atoms with E-state index in [1.165, 1.54) is 10.6 Å². The van der Waals surface area contributed by atoms with Crippen molar-refractivity contribution in [2.24, 2.45) is 0 Å². The fraction of sp³-hybridized carbons (Fsp3) is 0.500. The highest BCUT2D eigenvalue weighted by Gasteiger charge is 2.23. The molecule has 2 aromatic heterocycles. The number of aromatic amines is 1. The first kappa shape index (κ1) is 22.9. The number of nitro benzene ring substituents is 1. The van der Waals surface area contributed by atoms with Gasteiger partial charge in [0.15, 0.2) is 11.2 Å². The fourth-order valence-corrected chi connectivity index (χ4v) is 4.28. The summed E-state index contributed by atoms with van der Waals surface area (Å²) < 4.78 is 8.65. The largest absolute Gasteiger partial charge is 0.379 e. The van der Waals surface area contributed by atoms with Gasteiger partial charge in [0.25, 0.3) is 11.2 Å². The number of H-pyrrole nitrogens is 1. The molecule has 1 N–H and O–H groups in total. The Morgan fingerprint density at radius 2 is 1.88 bits per heavy atom. The maximum absolute atomic E-state index is 12.9. The second-order valence-corrected chi connectivity index (χ2v) is 8.08. The minimum atomic E-state index is -0.511. The number of rotatable bonds is 8. The first-order valence-electron chi connectivity index (χ1n) is 11.3. The summed E-state index contributed by atoms with van der Waals surface area (Å²) in [5.74, 6) is 0.435. The van der Waals surface area contributed by atoms with E-state index in [9.17, 15) is 19.7 Å². The predicted molar refractivity (Wildman–Crippen MR) is 124 cm³/mol. The number of fused-ring (bicyclic) bond motifs is 1. The third-order valence-corrected chi connectivity index (χ3v) is 6.00. The highest BCUT2D eigenvalue weighted by atomic mass is 16.6. The Morgan fingerprint density at radius 3 is 2.55 bits per heavy atom. The number of benzene rings is 1. The molecule has 1 saturated heterocycles. The van der Waals surface area contributed by atoms with Gasteiger partial charge >= 0.3 is 5.69 Å². The summed E-state index contributed by atoms with van der Waals surface area (Å²) in [6.07, 6.45) is 1.22. The van der Waals surface area contributed by atoms with Gasteiger partial charge in [-0.2, -0.15) is 0 Å². The molecule has 4 rings (SSSR count). The van der Waals surface area contributed by atoms with Gasteiger partial charge in [0, 0.05) is 49.9 Å². The summed E-state index contributed by atoms with van der Waals surface area (Å²) in [6.45, 7) is 8.19. The number of hydrogen-bond donors (Lipinski definition) is 1. The van der Waals surface area contributed by atoms with Gasteiger partial charge in [-0.05, 0) is 12.8 Å². The van der Waals surface area contributed by atoms with E-state index in [4.69, 9.17) is 4.74 Å². The third kappa shape index (κ3) is 4.46. The molecule has 1 fully saturated rings. The second kappa shape index (κ2) is 9.67. The van der Waals surface area contributed by atoms with Gasteiger partial charge in [-0.3, -0.25) is 29.4 Å². The van der Waals surface area contributed by atoms with Crippen LogP contribution in [0, 0.1) is 10.1 Å². The number of aromatic nitrogens is 4. The standard InChI is InChI=1S/C22H28N6O5/c1-3-7-27-20-18(21(29)24-22(27)30)26(9-8-25-10-12-33-13-11-25)19(23-20)16-6-5-15(4-2)17(14-16)28(31)32/h5-6,14H,3-4,7-13H2,1-2H3,(H,24,29,30). The van der Waals surface area contributed by atoms with Gasteiger partial charge in [-0.15, -0.1) is 0 Å². The second-order valence-electron chi connectivity index (χ2n) is 8.08. The van der Waals surface area contributed by atoms with Gasteiger partial charge in [-0.1, -0.05) is 26.0 Å². The number of imidazole rings is 1.